The van der Waals surface area contributed by atoms with Crippen LogP contribution in [0.15, 0.2) is 78.9 Å². The minimum Gasteiger partial charge on any atom is -0.497 e. The van der Waals surface area contributed by atoms with Crippen molar-refractivity contribution < 1.29 is 38.5 Å². The van der Waals surface area contributed by atoms with E-state index in [1.54, 1.807) is 67.5 Å². The van der Waals surface area contributed by atoms with E-state index in [-0.39, 0.29) is 32.1 Å². The normalized spacial score (nSPS) is 31.4. The monoisotopic (exact) mass is 615 g/mol. The molecule has 3 amide bonds. The number of aliphatic hydroxyl groups excluding tert-OH is 1. The number of esters is 1. The lowest BCUT2D eigenvalue weighted by atomic mass is 9.77. The van der Waals surface area contributed by atoms with E-state index in [2.05, 4.69) is 5.32 Å². The first kappa shape index (κ1) is 30.5. The molecule has 4 aliphatic rings. The Balaban J connectivity index is 1.43. The summed E-state index contributed by atoms with van der Waals surface area (Å²) in [6.45, 7) is 1.42. The predicted molar refractivity (Wildman–Crippen MR) is 163 cm³/mol. The third kappa shape index (κ3) is 5.40. The standard InChI is InChI=1S/C34H37N3O8/c1-21(19-38)37-30-33(42)36(23-13-15-24(43-2)16-14-23)18-8-17-34(30)29(32(37)41)28-26(45-34)11-6-7-12-27(39)44-20-25(35-31(28)40)22-9-4-3-5-10-22/h3-6,8-11,13-17,21,25-26,28-30,38H,7,12,18-20H2,1-2H3,(H,35,40)/b11-6-/t21-,25-,26+,28-,29-,30+,34-/m1/s1. The Bertz CT molecular complexity index is 1510. The number of allylic oxidation sites excluding steroid dienone is 1. The number of fused-ring (bicyclic) bond motifs is 2. The molecular weight excluding hydrogens is 578 g/mol. The quantitative estimate of drug-likeness (QED) is 0.387. The van der Waals surface area contributed by atoms with Gasteiger partial charge < -0.3 is 34.4 Å². The Labute approximate surface area is 261 Å². The van der Waals surface area contributed by atoms with Crippen molar-refractivity contribution in [1.82, 2.24) is 10.2 Å². The van der Waals surface area contributed by atoms with Crippen LogP contribution in [0.4, 0.5) is 5.69 Å². The van der Waals surface area contributed by atoms with Crippen molar-refractivity contribution in [3.63, 3.8) is 0 Å². The summed E-state index contributed by atoms with van der Waals surface area (Å²) in [5.41, 5.74) is -0.139. The van der Waals surface area contributed by atoms with Crippen molar-refractivity contribution in [3.05, 3.63) is 84.5 Å². The Hall–Kier alpha value is -4.48. The van der Waals surface area contributed by atoms with E-state index < -0.39 is 59.5 Å². The third-order valence-electron chi connectivity index (χ3n) is 9.13. The van der Waals surface area contributed by atoms with Crippen LogP contribution in [0.25, 0.3) is 0 Å². The molecule has 0 aromatic heterocycles. The van der Waals surface area contributed by atoms with Gasteiger partial charge in [0.05, 0.1) is 43.7 Å². The number of aliphatic hydroxyl groups is 1. The molecule has 11 heteroatoms. The molecule has 11 nitrogen and oxygen atoms in total. The summed E-state index contributed by atoms with van der Waals surface area (Å²) in [6, 6.07) is 13.7. The van der Waals surface area contributed by atoms with Gasteiger partial charge in [-0.25, -0.2) is 0 Å². The lowest BCUT2D eigenvalue weighted by Gasteiger charge is -2.37. The molecule has 4 heterocycles. The number of hydrogen-bond acceptors (Lipinski definition) is 8. The maximum atomic E-state index is 14.5. The third-order valence-corrected chi connectivity index (χ3v) is 9.13. The first-order chi connectivity index (χ1) is 21.8. The summed E-state index contributed by atoms with van der Waals surface area (Å²) >= 11 is 0. The predicted octanol–water partition coefficient (Wildman–Crippen LogP) is 2.31. The van der Waals surface area contributed by atoms with Crippen molar-refractivity contribution in [2.75, 3.05) is 31.8 Å². The minimum atomic E-state index is -1.48. The number of hydrogen-bond donors (Lipinski definition) is 2. The van der Waals surface area contributed by atoms with Crippen LogP contribution < -0.4 is 15.0 Å². The van der Waals surface area contributed by atoms with Crippen LogP contribution in [-0.2, 0) is 28.7 Å². The van der Waals surface area contributed by atoms with Gasteiger partial charge in [0.1, 0.15) is 24.0 Å². The average Bonchev–Trinajstić information content (AvgIpc) is 3.45. The number of likely N-dealkylation sites (tertiary alicyclic amines) is 1. The van der Waals surface area contributed by atoms with Crippen molar-refractivity contribution in [2.24, 2.45) is 11.8 Å². The fraction of sp³-hybridized carbons (Fsp3) is 0.412. The number of carbonyl (C=O) groups excluding carboxylic acids is 4. The first-order valence-electron chi connectivity index (χ1n) is 15.2. The molecule has 236 valence electrons. The van der Waals surface area contributed by atoms with E-state index in [4.69, 9.17) is 14.2 Å². The van der Waals surface area contributed by atoms with Gasteiger partial charge >= 0.3 is 5.97 Å². The van der Waals surface area contributed by atoms with E-state index in [1.807, 2.05) is 30.3 Å². The summed E-state index contributed by atoms with van der Waals surface area (Å²) < 4.78 is 17.5. The molecular formula is C34H37N3O8. The van der Waals surface area contributed by atoms with Gasteiger partial charge in [0.2, 0.25) is 11.8 Å². The minimum absolute atomic E-state index is 0.0776. The summed E-state index contributed by atoms with van der Waals surface area (Å²) in [5.74, 6) is -3.10. The zero-order valence-electron chi connectivity index (χ0n) is 25.2. The number of ether oxygens (including phenoxy) is 3. The van der Waals surface area contributed by atoms with Gasteiger partial charge in [-0.2, -0.15) is 0 Å². The summed E-state index contributed by atoms with van der Waals surface area (Å²) in [6.07, 6.45) is 6.63. The molecule has 7 atom stereocenters. The second kappa shape index (κ2) is 12.5. The number of methoxy groups -OCH3 is 1. The van der Waals surface area contributed by atoms with Crippen LogP contribution in [0.3, 0.4) is 0 Å². The van der Waals surface area contributed by atoms with Gasteiger partial charge in [0.25, 0.3) is 5.91 Å². The molecule has 2 aromatic carbocycles. The number of benzene rings is 2. The molecule has 0 bridgehead atoms. The number of cyclic esters (lactones) is 1. The van der Waals surface area contributed by atoms with Crippen LogP contribution in [0, 0.1) is 11.8 Å². The largest absolute Gasteiger partial charge is 0.497 e. The van der Waals surface area contributed by atoms with E-state index in [9.17, 15) is 24.3 Å². The SMILES string of the molecule is COc1ccc(N2CC=C[C@@]34O[C@H]5/C=C\CCC(=O)OC[C@H](c6ccccc6)NC(=O)[C@H]5[C@@H]3C(=O)N([C@H](C)CO)[C@H]4C2=O)cc1. The zero-order valence-corrected chi connectivity index (χ0v) is 25.2. The van der Waals surface area contributed by atoms with Gasteiger partial charge in [-0.15, -0.1) is 0 Å². The Morgan fingerprint density at radius 2 is 1.80 bits per heavy atom. The van der Waals surface area contributed by atoms with Crippen molar-refractivity contribution in [3.8, 4) is 5.75 Å². The molecule has 2 aromatic rings. The number of amides is 3. The van der Waals surface area contributed by atoms with Gasteiger partial charge in [0.15, 0.2) is 0 Å². The number of nitrogens with zero attached hydrogens (tertiary/aromatic N) is 2. The van der Waals surface area contributed by atoms with Crippen LogP contribution in [-0.4, -0.2) is 84.4 Å². The summed E-state index contributed by atoms with van der Waals surface area (Å²) in [5, 5.41) is 13.2. The highest BCUT2D eigenvalue weighted by Crippen LogP contribution is 2.53. The molecule has 6 rings (SSSR count). The number of rotatable bonds is 5. The molecule has 2 saturated heterocycles. The highest BCUT2D eigenvalue weighted by atomic mass is 16.5. The second-order valence-electron chi connectivity index (χ2n) is 11.8. The molecule has 4 aliphatic heterocycles. The number of anilines is 1. The van der Waals surface area contributed by atoms with E-state index >= 15 is 0 Å². The Morgan fingerprint density at radius 1 is 1.04 bits per heavy atom. The topological polar surface area (TPSA) is 135 Å². The summed E-state index contributed by atoms with van der Waals surface area (Å²) in [4.78, 5) is 58.6. The van der Waals surface area contributed by atoms with E-state index in [1.165, 1.54) is 4.90 Å². The molecule has 2 fully saturated rings. The lowest BCUT2D eigenvalue weighted by molar-refractivity contribution is -0.146. The number of carbonyl (C=O) groups is 4. The fourth-order valence-corrected chi connectivity index (χ4v) is 6.93. The van der Waals surface area contributed by atoms with Crippen LogP contribution in [0.1, 0.15) is 31.4 Å². The molecule has 0 saturated carbocycles. The molecule has 0 aliphatic carbocycles. The highest BCUT2D eigenvalue weighted by Gasteiger charge is 2.72. The van der Waals surface area contributed by atoms with Crippen molar-refractivity contribution >= 4 is 29.4 Å². The lowest BCUT2D eigenvalue weighted by Crippen LogP contribution is -2.57. The maximum absolute atomic E-state index is 14.5. The average molecular weight is 616 g/mol. The van der Waals surface area contributed by atoms with Crippen LogP contribution in [0.2, 0.25) is 0 Å². The van der Waals surface area contributed by atoms with Crippen LogP contribution >= 0.6 is 0 Å². The molecule has 1 spiro atoms. The van der Waals surface area contributed by atoms with Crippen molar-refractivity contribution in [1.29, 1.82) is 0 Å². The van der Waals surface area contributed by atoms with E-state index in [0.717, 1.165) is 5.56 Å². The van der Waals surface area contributed by atoms with E-state index in [0.29, 0.717) is 17.9 Å². The maximum Gasteiger partial charge on any atom is 0.306 e. The molecule has 45 heavy (non-hydrogen) atoms. The summed E-state index contributed by atoms with van der Waals surface area (Å²) in [7, 11) is 1.56. The van der Waals surface area contributed by atoms with Gasteiger partial charge in [-0.1, -0.05) is 54.6 Å². The number of nitrogens with one attached hydrogen (secondary N) is 1. The molecule has 0 radical (unpaired) electrons. The fourth-order valence-electron chi connectivity index (χ4n) is 6.93. The van der Waals surface area contributed by atoms with Gasteiger partial charge in [0, 0.05) is 18.7 Å². The Morgan fingerprint density at radius 3 is 2.51 bits per heavy atom. The first-order valence-corrected chi connectivity index (χ1v) is 15.2. The Kier molecular flexibility index (Phi) is 8.48. The second-order valence-corrected chi connectivity index (χ2v) is 11.8. The molecule has 2 N–H and O–H groups in total. The molecule has 0 unspecified atom stereocenters. The highest BCUT2D eigenvalue weighted by molar-refractivity contribution is 6.06. The van der Waals surface area contributed by atoms with Gasteiger partial charge in [-0.3, -0.25) is 19.2 Å². The van der Waals surface area contributed by atoms with Gasteiger partial charge in [-0.05, 0) is 43.2 Å². The van der Waals surface area contributed by atoms with Crippen LogP contribution in [0.5, 0.6) is 5.75 Å². The smallest absolute Gasteiger partial charge is 0.306 e. The van der Waals surface area contributed by atoms with Crippen molar-refractivity contribution in [2.45, 2.75) is 49.6 Å². The zero-order chi connectivity index (χ0) is 31.7.